The zero-order valence-electron chi connectivity index (χ0n) is 17.5. The average molecular weight is 422 g/mol. The number of rotatable bonds is 5. The van der Waals surface area contributed by atoms with E-state index in [1.54, 1.807) is 21.3 Å². The second-order valence-corrected chi connectivity index (χ2v) is 7.24. The molecule has 1 aromatic heterocycles. The number of carboxylic acids is 1. The van der Waals surface area contributed by atoms with Crippen LogP contribution in [0.15, 0.2) is 39.5 Å². The fraction of sp³-hybridized carbons (Fsp3) is 0.250. The van der Waals surface area contributed by atoms with E-state index in [4.69, 9.17) is 18.6 Å². The van der Waals surface area contributed by atoms with E-state index in [0.717, 1.165) is 24.0 Å². The minimum Gasteiger partial charge on any atom is -0.493 e. The van der Waals surface area contributed by atoms with Crippen molar-refractivity contribution in [2.24, 2.45) is 0 Å². The van der Waals surface area contributed by atoms with Gasteiger partial charge in [0.2, 0.25) is 5.75 Å². The molecule has 1 aliphatic carbocycles. The van der Waals surface area contributed by atoms with Gasteiger partial charge in [-0.25, -0.2) is 4.79 Å². The van der Waals surface area contributed by atoms with Crippen molar-refractivity contribution in [3.8, 4) is 17.2 Å². The Bertz CT molecular complexity index is 1240. The fourth-order valence-corrected chi connectivity index (χ4v) is 3.95. The highest BCUT2D eigenvalue weighted by atomic mass is 16.5. The average Bonchev–Trinajstić information content (AvgIpc) is 2.78. The fourth-order valence-electron chi connectivity index (χ4n) is 3.95. The number of fused-ring (bicyclic) bond motifs is 2. The molecule has 0 unspecified atom stereocenters. The Morgan fingerprint density at radius 3 is 2.35 bits per heavy atom. The van der Waals surface area contributed by atoms with Crippen LogP contribution >= 0.6 is 0 Å². The Morgan fingerprint density at radius 1 is 1.03 bits per heavy atom. The molecule has 0 amide bonds. The topological polar surface area (TPSA) is 95.2 Å². The van der Waals surface area contributed by atoms with E-state index in [9.17, 15) is 14.7 Å². The SMILES string of the molecule is COc1cc(C=C2CCCc3c2oc2ccc(C(=O)O)cc2c3=O)cc(OC)c1OC. The first-order valence-corrected chi connectivity index (χ1v) is 9.80. The molecular weight excluding hydrogens is 400 g/mol. The lowest BCUT2D eigenvalue weighted by Gasteiger charge is -2.19. The van der Waals surface area contributed by atoms with E-state index in [1.807, 2.05) is 18.2 Å². The Labute approximate surface area is 178 Å². The quantitative estimate of drug-likeness (QED) is 0.651. The number of hydrogen-bond donors (Lipinski definition) is 1. The smallest absolute Gasteiger partial charge is 0.335 e. The van der Waals surface area contributed by atoms with E-state index in [0.29, 0.717) is 40.6 Å². The van der Waals surface area contributed by atoms with E-state index >= 15 is 0 Å². The molecule has 0 saturated heterocycles. The minimum atomic E-state index is -1.08. The van der Waals surface area contributed by atoms with Gasteiger partial charge in [0.25, 0.3) is 0 Å². The van der Waals surface area contributed by atoms with Crippen molar-refractivity contribution >= 4 is 28.6 Å². The molecule has 0 radical (unpaired) electrons. The molecule has 7 heteroatoms. The van der Waals surface area contributed by atoms with Crippen molar-refractivity contribution in [3.05, 3.63) is 63.0 Å². The lowest BCUT2D eigenvalue weighted by Crippen LogP contribution is -2.16. The largest absolute Gasteiger partial charge is 0.493 e. The number of benzene rings is 2. The van der Waals surface area contributed by atoms with E-state index in [-0.39, 0.29) is 16.4 Å². The van der Waals surface area contributed by atoms with Crippen LogP contribution in [0.2, 0.25) is 0 Å². The third-order valence-electron chi connectivity index (χ3n) is 5.42. The van der Waals surface area contributed by atoms with Gasteiger partial charge in [0, 0.05) is 5.56 Å². The lowest BCUT2D eigenvalue weighted by molar-refractivity contribution is 0.0697. The molecular formula is C24H22O7. The van der Waals surface area contributed by atoms with Gasteiger partial charge in [0.05, 0.1) is 32.3 Å². The summed E-state index contributed by atoms with van der Waals surface area (Å²) in [5.74, 6) is 1.03. The maximum atomic E-state index is 13.1. The van der Waals surface area contributed by atoms with Gasteiger partial charge in [-0.1, -0.05) is 0 Å². The summed E-state index contributed by atoms with van der Waals surface area (Å²) in [4.78, 5) is 24.4. The predicted octanol–water partition coefficient (Wildman–Crippen LogP) is 4.39. The number of allylic oxidation sites excluding steroid dienone is 1. The number of carbonyl (C=O) groups is 1. The second kappa shape index (κ2) is 8.18. The maximum absolute atomic E-state index is 13.1. The molecule has 0 aliphatic heterocycles. The molecule has 160 valence electrons. The van der Waals surface area contributed by atoms with Crippen LogP contribution in [0.4, 0.5) is 0 Å². The first-order valence-electron chi connectivity index (χ1n) is 9.80. The number of ether oxygens (including phenoxy) is 3. The highest BCUT2D eigenvalue weighted by Gasteiger charge is 2.23. The summed E-state index contributed by atoms with van der Waals surface area (Å²) in [5, 5.41) is 9.52. The molecule has 0 saturated carbocycles. The van der Waals surface area contributed by atoms with Crippen molar-refractivity contribution in [2.45, 2.75) is 19.3 Å². The minimum absolute atomic E-state index is 0.0590. The molecule has 1 N–H and O–H groups in total. The number of methoxy groups -OCH3 is 3. The summed E-state index contributed by atoms with van der Waals surface area (Å²) >= 11 is 0. The third-order valence-corrected chi connectivity index (χ3v) is 5.42. The molecule has 1 aliphatic rings. The van der Waals surface area contributed by atoms with Gasteiger partial charge in [-0.3, -0.25) is 4.79 Å². The normalized spacial score (nSPS) is 14.4. The summed E-state index contributed by atoms with van der Waals surface area (Å²) in [6.45, 7) is 0. The Morgan fingerprint density at radius 2 is 1.74 bits per heavy atom. The van der Waals surface area contributed by atoms with Gasteiger partial charge in [-0.15, -0.1) is 0 Å². The van der Waals surface area contributed by atoms with E-state index < -0.39 is 5.97 Å². The first kappa shape index (κ1) is 20.5. The molecule has 3 aromatic rings. The zero-order valence-corrected chi connectivity index (χ0v) is 17.5. The Kier molecular flexibility index (Phi) is 5.42. The van der Waals surface area contributed by atoms with Gasteiger partial charge in [-0.05, 0) is 66.8 Å². The standard InChI is InChI=1S/C24H22O7/c1-28-19-10-13(11-20(29-2)23(19)30-3)9-14-5-4-6-16-21(25)17-12-15(24(26)27)7-8-18(17)31-22(14)16/h7-12H,4-6H2,1-3H3,(H,26,27). The van der Waals surface area contributed by atoms with Crippen LogP contribution in [0, 0.1) is 0 Å². The molecule has 2 aromatic carbocycles. The predicted molar refractivity (Wildman–Crippen MR) is 116 cm³/mol. The van der Waals surface area contributed by atoms with E-state index in [1.165, 1.54) is 18.2 Å². The van der Waals surface area contributed by atoms with Crippen LogP contribution in [-0.2, 0) is 6.42 Å². The van der Waals surface area contributed by atoms with Crippen LogP contribution in [0.3, 0.4) is 0 Å². The number of aromatic carboxylic acids is 1. The van der Waals surface area contributed by atoms with Gasteiger partial charge in [0.1, 0.15) is 11.3 Å². The Balaban J connectivity index is 1.88. The van der Waals surface area contributed by atoms with Crippen LogP contribution in [0.5, 0.6) is 17.2 Å². The van der Waals surface area contributed by atoms with Crippen molar-refractivity contribution in [3.63, 3.8) is 0 Å². The van der Waals surface area contributed by atoms with Gasteiger partial charge in [0.15, 0.2) is 16.9 Å². The molecule has 0 bridgehead atoms. The summed E-state index contributed by atoms with van der Waals surface area (Å²) in [5.41, 5.74) is 2.52. The van der Waals surface area contributed by atoms with E-state index in [2.05, 4.69) is 0 Å². The molecule has 0 spiro atoms. The summed E-state index contributed by atoms with van der Waals surface area (Å²) in [7, 11) is 4.66. The third kappa shape index (κ3) is 3.63. The zero-order chi connectivity index (χ0) is 22.1. The number of hydrogen-bond acceptors (Lipinski definition) is 6. The van der Waals surface area contributed by atoms with Gasteiger partial charge < -0.3 is 23.7 Å². The van der Waals surface area contributed by atoms with Crippen molar-refractivity contribution in [1.82, 2.24) is 0 Å². The first-order chi connectivity index (χ1) is 15.0. The summed E-state index contributed by atoms with van der Waals surface area (Å²) in [6.07, 6.45) is 4.06. The summed E-state index contributed by atoms with van der Waals surface area (Å²) < 4.78 is 22.3. The van der Waals surface area contributed by atoms with Crippen LogP contribution < -0.4 is 19.6 Å². The molecule has 4 rings (SSSR count). The van der Waals surface area contributed by atoms with Crippen LogP contribution in [0.1, 0.15) is 40.1 Å². The maximum Gasteiger partial charge on any atom is 0.335 e. The monoisotopic (exact) mass is 422 g/mol. The summed E-state index contributed by atoms with van der Waals surface area (Å²) in [6, 6.07) is 8.01. The second-order valence-electron chi connectivity index (χ2n) is 7.24. The van der Waals surface area contributed by atoms with Crippen molar-refractivity contribution in [2.75, 3.05) is 21.3 Å². The lowest BCUT2D eigenvalue weighted by atomic mass is 9.90. The van der Waals surface area contributed by atoms with Crippen molar-refractivity contribution in [1.29, 1.82) is 0 Å². The van der Waals surface area contributed by atoms with Crippen LogP contribution in [-0.4, -0.2) is 32.4 Å². The highest BCUT2D eigenvalue weighted by molar-refractivity contribution is 5.93. The molecule has 0 atom stereocenters. The molecule has 31 heavy (non-hydrogen) atoms. The molecule has 0 fully saturated rings. The van der Waals surface area contributed by atoms with Gasteiger partial charge >= 0.3 is 5.97 Å². The number of carboxylic acid groups (broad SMARTS) is 1. The highest BCUT2D eigenvalue weighted by Crippen LogP contribution is 2.40. The van der Waals surface area contributed by atoms with Gasteiger partial charge in [-0.2, -0.15) is 0 Å². The van der Waals surface area contributed by atoms with Crippen LogP contribution in [0.25, 0.3) is 22.6 Å². The van der Waals surface area contributed by atoms with Crippen molar-refractivity contribution < 1.29 is 28.5 Å². The Hall–Kier alpha value is -3.74. The molecule has 7 nitrogen and oxygen atoms in total. The molecule has 1 heterocycles.